The first kappa shape index (κ1) is 26.5. The number of carbonyl (C=O) groups excluding carboxylic acids is 4. The van der Waals surface area contributed by atoms with Gasteiger partial charge in [-0.1, -0.05) is 20.8 Å². The summed E-state index contributed by atoms with van der Waals surface area (Å²) in [7, 11) is 1.54. The summed E-state index contributed by atoms with van der Waals surface area (Å²) in [4.78, 5) is 59.2. The van der Waals surface area contributed by atoms with Crippen LogP contribution in [0.15, 0.2) is 22.9 Å². The quantitative estimate of drug-likeness (QED) is 0.517. The van der Waals surface area contributed by atoms with Crippen molar-refractivity contribution < 1.29 is 24.0 Å². The number of Topliss-reactive ketones (excluding diaryl/α,β-unsaturated/α-hetero) is 1. The second-order valence-corrected chi connectivity index (χ2v) is 11.9. The molecule has 2 N–H and O–H groups in total. The third-order valence-electron chi connectivity index (χ3n) is 6.52. The fraction of sp³-hybridized carbons (Fsp3) is 0.520. The Labute approximate surface area is 218 Å². The Morgan fingerprint density at radius 2 is 1.44 bits per heavy atom. The second kappa shape index (κ2) is 10.8. The number of hydrogen-bond donors (Lipinski definition) is 2. The molecule has 2 saturated heterocycles. The highest BCUT2D eigenvalue weighted by Crippen LogP contribution is 2.33. The third kappa shape index (κ3) is 5.39. The van der Waals surface area contributed by atoms with Crippen molar-refractivity contribution in [2.24, 2.45) is 5.41 Å². The van der Waals surface area contributed by atoms with E-state index in [1.165, 1.54) is 22.7 Å². The molecule has 36 heavy (non-hydrogen) atoms. The lowest BCUT2D eigenvalue weighted by molar-refractivity contribution is -0.156. The maximum Gasteiger partial charge on any atom is 0.257 e. The smallest absolute Gasteiger partial charge is 0.257 e. The Morgan fingerprint density at radius 3 is 2.08 bits per heavy atom. The molecular formula is C25H32N4O5S2. The number of rotatable bonds is 7. The molecule has 0 aliphatic carbocycles. The summed E-state index contributed by atoms with van der Waals surface area (Å²) in [6.07, 6.45) is 2.77. The van der Waals surface area contributed by atoms with Gasteiger partial charge in [0.1, 0.15) is 22.1 Å². The Morgan fingerprint density at radius 1 is 0.889 bits per heavy atom. The molecular weight excluding hydrogens is 500 g/mol. The predicted octanol–water partition coefficient (Wildman–Crippen LogP) is 4.25. The molecule has 3 amide bonds. The highest BCUT2D eigenvalue weighted by molar-refractivity contribution is 7.15. The maximum absolute atomic E-state index is 13.5. The molecule has 0 radical (unpaired) electrons. The zero-order valence-corrected chi connectivity index (χ0v) is 22.6. The van der Waals surface area contributed by atoms with E-state index in [4.69, 9.17) is 4.84 Å². The molecule has 2 aromatic heterocycles. The van der Waals surface area contributed by atoms with Gasteiger partial charge in [-0.25, -0.2) is 0 Å². The summed E-state index contributed by atoms with van der Waals surface area (Å²) < 4.78 is 0. The largest absolute Gasteiger partial charge is 0.327 e. The van der Waals surface area contributed by atoms with E-state index in [9.17, 15) is 19.2 Å². The molecule has 0 saturated carbocycles. The molecule has 4 rings (SSSR count). The van der Waals surface area contributed by atoms with Gasteiger partial charge in [-0.05, 0) is 48.6 Å². The number of hydroxylamine groups is 2. The molecule has 4 heterocycles. The van der Waals surface area contributed by atoms with Crippen LogP contribution in [-0.4, -0.2) is 65.8 Å². The molecule has 2 aliphatic rings. The molecule has 2 atom stereocenters. The van der Waals surface area contributed by atoms with Gasteiger partial charge in [0.15, 0.2) is 5.78 Å². The van der Waals surface area contributed by atoms with Crippen LogP contribution < -0.4 is 10.6 Å². The van der Waals surface area contributed by atoms with Crippen LogP contribution >= 0.6 is 22.7 Å². The topological polar surface area (TPSA) is 108 Å². The predicted molar refractivity (Wildman–Crippen MR) is 140 cm³/mol. The number of likely N-dealkylation sites (tertiary alicyclic amines) is 1. The van der Waals surface area contributed by atoms with Gasteiger partial charge in [0.05, 0.1) is 18.2 Å². The highest BCUT2D eigenvalue weighted by atomic mass is 32.1. The van der Waals surface area contributed by atoms with Gasteiger partial charge < -0.3 is 20.4 Å². The van der Waals surface area contributed by atoms with Crippen LogP contribution in [0.25, 0.3) is 0 Å². The van der Waals surface area contributed by atoms with E-state index in [2.05, 4.69) is 10.6 Å². The number of thiophene rings is 2. The van der Waals surface area contributed by atoms with Crippen molar-refractivity contribution in [3.05, 3.63) is 34.0 Å². The number of carbonyl (C=O) groups is 4. The van der Waals surface area contributed by atoms with Crippen LogP contribution in [0.2, 0.25) is 0 Å². The lowest BCUT2D eigenvalue weighted by Gasteiger charge is -2.25. The fourth-order valence-corrected chi connectivity index (χ4v) is 6.18. The minimum Gasteiger partial charge on any atom is -0.327 e. The van der Waals surface area contributed by atoms with E-state index in [1.54, 1.807) is 40.0 Å². The fourth-order valence-electron chi connectivity index (χ4n) is 4.61. The Kier molecular flexibility index (Phi) is 7.93. The summed E-state index contributed by atoms with van der Waals surface area (Å²) in [5, 5.41) is 11.9. The number of nitrogens with one attached hydrogen (secondary N) is 2. The van der Waals surface area contributed by atoms with Crippen LogP contribution in [0, 0.1) is 5.41 Å². The van der Waals surface area contributed by atoms with Crippen molar-refractivity contribution in [3.8, 4) is 0 Å². The molecule has 0 aromatic carbocycles. The van der Waals surface area contributed by atoms with E-state index in [-0.39, 0.29) is 23.5 Å². The number of ketones is 1. The second-order valence-electron chi connectivity index (χ2n) is 10.0. The minimum absolute atomic E-state index is 0.0497. The van der Waals surface area contributed by atoms with Crippen LogP contribution in [0.3, 0.4) is 0 Å². The van der Waals surface area contributed by atoms with E-state index in [0.29, 0.717) is 53.5 Å². The molecule has 9 nitrogen and oxygen atoms in total. The van der Waals surface area contributed by atoms with Gasteiger partial charge in [-0.3, -0.25) is 19.2 Å². The summed E-state index contributed by atoms with van der Waals surface area (Å²) in [5.74, 6) is -0.869. The molecule has 0 spiro atoms. The van der Waals surface area contributed by atoms with Crippen molar-refractivity contribution >= 4 is 56.2 Å². The van der Waals surface area contributed by atoms with Gasteiger partial charge in [0.2, 0.25) is 11.8 Å². The summed E-state index contributed by atoms with van der Waals surface area (Å²) in [5.41, 5.74) is 0.278. The number of hydrogen-bond acceptors (Lipinski definition) is 8. The minimum atomic E-state index is -0.653. The number of anilines is 2. The highest BCUT2D eigenvalue weighted by Gasteiger charge is 2.37. The van der Waals surface area contributed by atoms with Crippen LogP contribution in [-0.2, 0) is 14.4 Å². The van der Waals surface area contributed by atoms with Gasteiger partial charge in [0.25, 0.3) is 5.91 Å². The van der Waals surface area contributed by atoms with E-state index in [1.807, 2.05) is 20.8 Å². The lowest BCUT2D eigenvalue weighted by atomic mass is 9.87. The van der Waals surface area contributed by atoms with Gasteiger partial charge >= 0.3 is 0 Å². The first-order chi connectivity index (χ1) is 17.1. The Bertz CT molecular complexity index is 1150. The van der Waals surface area contributed by atoms with Crippen molar-refractivity contribution in [1.82, 2.24) is 9.96 Å². The molecule has 2 aliphatic heterocycles. The maximum atomic E-state index is 13.5. The molecule has 2 aromatic rings. The van der Waals surface area contributed by atoms with E-state index < -0.39 is 17.5 Å². The third-order valence-corrected chi connectivity index (χ3v) is 8.18. The molecule has 194 valence electrons. The molecule has 0 bridgehead atoms. The SMILES string of the molecule is CON1CCCC1C(=O)Nc1sccc1C(=O)N1CCCC1C(=O)Nc1sccc1C(=O)C(C)(C)C. The molecule has 11 heteroatoms. The first-order valence-corrected chi connectivity index (χ1v) is 13.8. The average Bonchev–Trinajstić information content (AvgIpc) is 3.63. The standard InChI is InChI=1S/C25H32N4O5S2/c1-25(2,3)19(30)15-9-13-35-22(15)26-20(31)17-7-5-11-28(17)24(33)16-10-14-36-23(16)27-21(32)18-8-6-12-29(18)34-4/h9-10,13-14,17-18H,5-8,11-12H2,1-4H3,(H,26,31)(H,27,32). The normalized spacial score (nSPS) is 20.5. The molecule has 2 fully saturated rings. The van der Waals surface area contributed by atoms with Crippen LogP contribution in [0.4, 0.5) is 10.0 Å². The van der Waals surface area contributed by atoms with Crippen molar-refractivity contribution in [2.45, 2.75) is 58.5 Å². The van der Waals surface area contributed by atoms with Gasteiger partial charge in [-0.15, -0.1) is 22.7 Å². The van der Waals surface area contributed by atoms with E-state index >= 15 is 0 Å². The van der Waals surface area contributed by atoms with Gasteiger partial charge in [0, 0.05) is 18.5 Å². The summed E-state index contributed by atoms with van der Waals surface area (Å²) in [6, 6.07) is 2.35. The Balaban J connectivity index is 1.46. The summed E-state index contributed by atoms with van der Waals surface area (Å²) >= 11 is 2.57. The van der Waals surface area contributed by atoms with E-state index in [0.717, 1.165) is 6.42 Å². The number of nitrogens with zero attached hydrogens (tertiary/aromatic N) is 2. The zero-order valence-electron chi connectivity index (χ0n) is 21.0. The van der Waals surface area contributed by atoms with Crippen molar-refractivity contribution in [2.75, 3.05) is 30.8 Å². The van der Waals surface area contributed by atoms with Crippen molar-refractivity contribution in [3.63, 3.8) is 0 Å². The Hall–Kier alpha value is -2.60. The molecule has 2 unspecified atom stereocenters. The lowest BCUT2D eigenvalue weighted by Crippen LogP contribution is -2.43. The van der Waals surface area contributed by atoms with Crippen LogP contribution in [0.1, 0.15) is 67.2 Å². The zero-order chi connectivity index (χ0) is 26.0. The monoisotopic (exact) mass is 532 g/mol. The first-order valence-electron chi connectivity index (χ1n) is 12.0. The van der Waals surface area contributed by atoms with Crippen molar-refractivity contribution in [1.29, 1.82) is 0 Å². The van der Waals surface area contributed by atoms with Crippen LogP contribution in [0.5, 0.6) is 0 Å². The number of amides is 3. The summed E-state index contributed by atoms with van der Waals surface area (Å²) in [6.45, 7) is 6.65. The van der Waals surface area contributed by atoms with Gasteiger partial charge in [-0.2, -0.15) is 5.06 Å². The average molecular weight is 533 g/mol.